The van der Waals surface area contributed by atoms with Crippen LogP contribution in [0.4, 0.5) is 11.4 Å². The third-order valence-corrected chi connectivity index (χ3v) is 5.32. The van der Waals surface area contributed by atoms with Gasteiger partial charge >= 0.3 is 0 Å². The minimum atomic E-state index is -2.01. The van der Waals surface area contributed by atoms with Gasteiger partial charge in [0.05, 0.1) is 17.0 Å². The van der Waals surface area contributed by atoms with Gasteiger partial charge in [-0.05, 0) is 24.6 Å². The first kappa shape index (κ1) is 20.2. The first-order valence-electron chi connectivity index (χ1n) is 8.90. The zero-order valence-electron chi connectivity index (χ0n) is 15.2. The number of ketones is 1. The molecular formula is C20H19BrN2O5. The molecule has 0 spiro atoms. The highest BCUT2D eigenvalue weighted by molar-refractivity contribution is 9.10. The monoisotopic (exact) mass is 446 g/mol. The number of unbranched alkanes of at least 4 members (excludes halogenated alkanes) is 1. The summed E-state index contributed by atoms with van der Waals surface area (Å²) in [6.07, 6.45) is 1.15. The van der Waals surface area contributed by atoms with E-state index in [1.54, 1.807) is 18.2 Å². The van der Waals surface area contributed by atoms with Crippen molar-refractivity contribution in [2.24, 2.45) is 0 Å². The Morgan fingerprint density at radius 1 is 1.29 bits per heavy atom. The second-order valence-electron chi connectivity index (χ2n) is 6.74. The van der Waals surface area contributed by atoms with E-state index in [1.165, 1.54) is 23.1 Å². The van der Waals surface area contributed by atoms with E-state index >= 15 is 0 Å². The van der Waals surface area contributed by atoms with E-state index in [0.29, 0.717) is 22.3 Å². The SMILES string of the molecule is CCCCN1C(=O)[C@@](O)(CC(=O)c2cccc([N+](=O)[O-])c2)c2cc(Br)ccc21. The normalized spacial score (nSPS) is 18.2. The molecule has 1 aliphatic rings. The van der Waals surface area contributed by atoms with E-state index in [2.05, 4.69) is 15.9 Å². The summed E-state index contributed by atoms with van der Waals surface area (Å²) in [5.41, 5.74) is -1.20. The lowest BCUT2D eigenvalue weighted by Crippen LogP contribution is -2.42. The van der Waals surface area contributed by atoms with Gasteiger partial charge in [-0.15, -0.1) is 0 Å². The summed E-state index contributed by atoms with van der Waals surface area (Å²) in [7, 11) is 0. The molecule has 8 heteroatoms. The number of benzene rings is 2. The number of hydrogen-bond donors (Lipinski definition) is 1. The molecule has 0 aromatic heterocycles. The molecular weight excluding hydrogens is 428 g/mol. The van der Waals surface area contributed by atoms with Gasteiger partial charge in [-0.2, -0.15) is 0 Å². The number of anilines is 1. The molecule has 146 valence electrons. The summed E-state index contributed by atoms with van der Waals surface area (Å²) in [6.45, 7) is 2.44. The zero-order valence-corrected chi connectivity index (χ0v) is 16.8. The highest BCUT2D eigenvalue weighted by atomic mass is 79.9. The van der Waals surface area contributed by atoms with E-state index in [1.807, 2.05) is 6.92 Å². The van der Waals surface area contributed by atoms with Crippen molar-refractivity contribution >= 4 is 39.0 Å². The molecule has 3 rings (SSSR count). The molecule has 1 aliphatic heterocycles. The van der Waals surface area contributed by atoms with Gasteiger partial charge in [0.2, 0.25) is 0 Å². The van der Waals surface area contributed by atoms with Crippen molar-refractivity contribution in [3.05, 3.63) is 68.2 Å². The Morgan fingerprint density at radius 2 is 2.04 bits per heavy atom. The molecule has 28 heavy (non-hydrogen) atoms. The second-order valence-corrected chi connectivity index (χ2v) is 7.66. The van der Waals surface area contributed by atoms with Crippen LogP contribution in [0.25, 0.3) is 0 Å². The van der Waals surface area contributed by atoms with Crippen LogP contribution in [-0.4, -0.2) is 28.3 Å². The smallest absolute Gasteiger partial charge is 0.270 e. The number of amides is 1. The molecule has 0 unspecified atom stereocenters. The zero-order chi connectivity index (χ0) is 20.5. The molecule has 0 saturated carbocycles. The molecule has 2 aromatic carbocycles. The lowest BCUT2D eigenvalue weighted by molar-refractivity contribution is -0.384. The number of halogens is 1. The van der Waals surface area contributed by atoms with E-state index < -0.39 is 28.6 Å². The van der Waals surface area contributed by atoms with Crippen LogP contribution in [-0.2, 0) is 10.4 Å². The van der Waals surface area contributed by atoms with E-state index in [9.17, 15) is 24.8 Å². The number of aliphatic hydroxyl groups is 1. The van der Waals surface area contributed by atoms with Crippen LogP contribution in [0.15, 0.2) is 46.9 Å². The number of rotatable bonds is 7. The third kappa shape index (κ3) is 3.57. The Kier molecular flexibility index (Phi) is 5.62. The van der Waals surface area contributed by atoms with Crippen molar-refractivity contribution in [1.29, 1.82) is 0 Å². The summed E-state index contributed by atoms with van der Waals surface area (Å²) in [4.78, 5) is 37.7. The minimum Gasteiger partial charge on any atom is -0.375 e. The summed E-state index contributed by atoms with van der Waals surface area (Å²) in [5.74, 6) is -1.09. The summed E-state index contributed by atoms with van der Waals surface area (Å²) in [6, 6.07) is 10.4. The molecule has 0 saturated heterocycles. The van der Waals surface area contributed by atoms with Crippen molar-refractivity contribution < 1.29 is 19.6 Å². The van der Waals surface area contributed by atoms with Crippen molar-refractivity contribution in [2.75, 3.05) is 11.4 Å². The van der Waals surface area contributed by atoms with Gasteiger partial charge in [0.15, 0.2) is 11.4 Å². The van der Waals surface area contributed by atoms with Crippen LogP contribution < -0.4 is 4.90 Å². The van der Waals surface area contributed by atoms with Gasteiger partial charge in [0, 0.05) is 34.3 Å². The number of carbonyl (C=O) groups is 2. The Morgan fingerprint density at radius 3 is 2.71 bits per heavy atom. The van der Waals surface area contributed by atoms with Crippen molar-refractivity contribution in [2.45, 2.75) is 31.8 Å². The number of carbonyl (C=O) groups excluding carboxylic acids is 2. The molecule has 0 fully saturated rings. The molecule has 1 N–H and O–H groups in total. The van der Waals surface area contributed by atoms with Gasteiger partial charge in [0.1, 0.15) is 0 Å². The molecule has 0 aliphatic carbocycles. The Hall–Kier alpha value is -2.58. The molecule has 1 amide bonds. The first-order chi connectivity index (χ1) is 13.3. The van der Waals surface area contributed by atoms with E-state index in [0.717, 1.165) is 18.9 Å². The molecule has 1 atom stereocenters. The van der Waals surface area contributed by atoms with E-state index in [4.69, 9.17) is 0 Å². The maximum absolute atomic E-state index is 13.0. The highest BCUT2D eigenvalue weighted by Gasteiger charge is 2.50. The van der Waals surface area contributed by atoms with Crippen LogP contribution >= 0.6 is 15.9 Å². The van der Waals surface area contributed by atoms with Crippen LogP contribution in [0.5, 0.6) is 0 Å². The minimum absolute atomic E-state index is 0.0824. The maximum Gasteiger partial charge on any atom is 0.270 e. The van der Waals surface area contributed by atoms with Gasteiger partial charge in [-0.25, -0.2) is 0 Å². The Balaban J connectivity index is 1.97. The number of Topliss-reactive ketones (excluding diaryl/α,β-unsaturated/α-hetero) is 1. The van der Waals surface area contributed by atoms with E-state index in [-0.39, 0.29) is 11.3 Å². The largest absolute Gasteiger partial charge is 0.375 e. The van der Waals surface area contributed by atoms with Crippen LogP contribution in [0.3, 0.4) is 0 Å². The Bertz CT molecular complexity index is 961. The second kappa shape index (κ2) is 7.81. The number of nitro benzene ring substituents is 1. The Labute approximate surface area is 170 Å². The molecule has 0 bridgehead atoms. The average molecular weight is 447 g/mol. The molecule has 0 radical (unpaired) electrons. The van der Waals surface area contributed by atoms with Crippen molar-refractivity contribution in [3.63, 3.8) is 0 Å². The quantitative estimate of drug-likeness (QED) is 0.393. The standard InChI is InChI=1S/C20H19BrN2O5/c1-2-3-9-22-17-8-7-14(21)11-16(17)20(26,19(22)25)12-18(24)13-5-4-6-15(10-13)23(27)28/h4-8,10-11,26H,2-3,9,12H2,1H3/t20-/m1/s1. The van der Waals surface area contributed by atoms with Crippen LogP contribution in [0, 0.1) is 10.1 Å². The first-order valence-corrected chi connectivity index (χ1v) is 9.69. The predicted molar refractivity (Wildman–Crippen MR) is 107 cm³/mol. The molecule has 7 nitrogen and oxygen atoms in total. The number of fused-ring (bicyclic) bond motifs is 1. The van der Waals surface area contributed by atoms with Crippen molar-refractivity contribution in [1.82, 2.24) is 0 Å². The predicted octanol–water partition coefficient (Wildman–Crippen LogP) is 3.96. The van der Waals surface area contributed by atoms with Crippen LogP contribution in [0.2, 0.25) is 0 Å². The highest BCUT2D eigenvalue weighted by Crippen LogP contribution is 2.44. The number of nitrogens with zero attached hydrogens (tertiary/aromatic N) is 2. The van der Waals surface area contributed by atoms with Crippen LogP contribution in [0.1, 0.15) is 42.1 Å². The summed E-state index contributed by atoms with van der Waals surface area (Å²) in [5, 5.41) is 22.2. The number of non-ortho nitro benzene ring substituents is 1. The third-order valence-electron chi connectivity index (χ3n) is 4.82. The molecule has 1 heterocycles. The van der Waals surface area contributed by atoms with Crippen molar-refractivity contribution in [3.8, 4) is 0 Å². The lowest BCUT2D eigenvalue weighted by atomic mass is 9.88. The fraction of sp³-hybridized carbons (Fsp3) is 0.300. The number of nitro groups is 1. The van der Waals surface area contributed by atoms with Gasteiger partial charge < -0.3 is 10.0 Å². The van der Waals surface area contributed by atoms with Gasteiger partial charge in [-0.1, -0.05) is 41.4 Å². The number of hydrogen-bond acceptors (Lipinski definition) is 5. The van der Waals surface area contributed by atoms with Gasteiger partial charge in [-0.3, -0.25) is 19.7 Å². The fourth-order valence-electron chi connectivity index (χ4n) is 3.36. The van der Waals surface area contributed by atoms with Gasteiger partial charge in [0.25, 0.3) is 11.6 Å². The lowest BCUT2D eigenvalue weighted by Gasteiger charge is -2.22. The maximum atomic E-state index is 13.0. The fourth-order valence-corrected chi connectivity index (χ4v) is 3.72. The molecule has 2 aromatic rings. The summed E-state index contributed by atoms with van der Waals surface area (Å²) < 4.78 is 0.678. The average Bonchev–Trinajstić information content (AvgIpc) is 2.87. The topological polar surface area (TPSA) is 101 Å². The summed E-state index contributed by atoms with van der Waals surface area (Å²) >= 11 is 3.34.